The molecule has 1 aliphatic heterocycles. The number of urea groups is 1. The zero-order valence-electron chi connectivity index (χ0n) is 12.2. The highest BCUT2D eigenvalue weighted by Gasteiger charge is 2.36. The predicted molar refractivity (Wildman–Crippen MR) is 85.1 cm³/mol. The highest BCUT2D eigenvalue weighted by Crippen LogP contribution is 2.36. The first-order valence-electron chi connectivity index (χ1n) is 7.61. The van der Waals surface area contributed by atoms with E-state index in [1.54, 1.807) is 6.20 Å². The molecule has 5 nitrogen and oxygen atoms in total. The van der Waals surface area contributed by atoms with Crippen molar-refractivity contribution in [3.05, 3.63) is 47.7 Å². The highest BCUT2D eigenvalue weighted by atomic mass is 16.2. The van der Waals surface area contributed by atoms with E-state index in [-0.39, 0.29) is 6.03 Å². The van der Waals surface area contributed by atoms with Crippen molar-refractivity contribution in [3.63, 3.8) is 0 Å². The third-order valence-corrected chi connectivity index (χ3v) is 4.33. The Morgan fingerprint density at radius 3 is 2.95 bits per heavy atom. The number of nitrogens with two attached hydrogens (primary N) is 1. The van der Waals surface area contributed by atoms with Crippen LogP contribution in [0.3, 0.4) is 0 Å². The topological polar surface area (TPSA) is 71.2 Å². The number of aromatic nitrogens is 1. The van der Waals surface area contributed by atoms with Gasteiger partial charge in [0.15, 0.2) is 0 Å². The summed E-state index contributed by atoms with van der Waals surface area (Å²) in [5.41, 5.74) is 10.2. The summed E-state index contributed by atoms with van der Waals surface area (Å²) in [5.74, 6) is 0.678. The van der Waals surface area contributed by atoms with Gasteiger partial charge in [-0.05, 0) is 41.7 Å². The Kier molecular flexibility index (Phi) is 3.08. The van der Waals surface area contributed by atoms with E-state index in [0.717, 1.165) is 35.1 Å². The van der Waals surface area contributed by atoms with Crippen LogP contribution in [0.15, 0.2) is 36.5 Å². The van der Waals surface area contributed by atoms with Gasteiger partial charge in [-0.25, -0.2) is 9.78 Å². The maximum atomic E-state index is 12.1. The number of carbonyl (C=O) groups is 1. The normalized spacial score (nSPS) is 17.1. The van der Waals surface area contributed by atoms with Crippen molar-refractivity contribution in [3.8, 4) is 11.1 Å². The van der Waals surface area contributed by atoms with Crippen LogP contribution in [0.1, 0.15) is 24.0 Å². The van der Waals surface area contributed by atoms with Crippen molar-refractivity contribution in [2.24, 2.45) is 5.73 Å². The van der Waals surface area contributed by atoms with Gasteiger partial charge in [-0.2, -0.15) is 0 Å². The number of nitrogens with one attached hydrogen (secondary N) is 1. The Morgan fingerprint density at radius 2 is 2.18 bits per heavy atom. The quantitative estimate of drug-likeness (QED) is 0.914. The van der Waals surface area contributed by atoms with Gasteiger partial charge in [0, 0.05) is 24.3 Å². The number of pyridine rings is 1. The van der Waals surface area contributed by atoms with Crippen LogP contribution in [0.5, 0.6) is 0 Å². The lowest BCUT2D eigenvalue weighted by molar-refractivity contribution is 0.203. The van der Waals surface area contributed by atoms with E-state index in [9.17, 15) is 4.79 Å². The molecule has 0 atom stereocenters. The number of rotatable bonds is 3. The van der Waals surface area contributed by atoms with Crippen LogP contribution in [0.2, 0.25) is 0 Å². The van der Waals surface area contributed by atoms with Crippen LogP contribution in [0.4, 0.5) is 10.6 Å². The number of hydrogen-bond donors (Lipinski definition) is 2. The predicted octanol–water partition coefficient (Wildman–Crippen LogP) is 2.72. The van der Waals surface area contributed by atoms with E-state index in [0.29, 0.717) is 24.9 Å². The molecular formula is C17H18N4O. The molecule has 0 saturated heterocycles. The average Bonchev–Trinajstić information content (AvgIpc) is 3.38. The zero-order chi connectivity index (χ0) is 15.1. The monoisotopic (exact) mass is 294 g/mol. The van der Waals surface area contributed by atoms with Gasteiger partial charge in [-0.3, -0.25) is 5.32 Å². The molecule has 2 heterocycles. The molecule has 1 fully saturated rings. The Labute approximate surface area is 129 Å². The number of anilines is 1. The lowest BCUT2D eigenvalue weighted by atomic mass is 9.98. The second-order valence-corrected chi connectivity index (χ2v) is 5.88. The first kappa shape index (κ1) is 13.3. The molecule has 1 aliphatic carbocycles. The molecule has 1 aromatic carbocycles. The Hall–Kier alpha value is -2.40. The third kappa shape index (κ3) is 2.23. The van der Waals surface area contributed by atoms with Crippen LogP contribution in [0.25, 0.3) is 11.1 Å². The molecule has 1 saturated carbocycles. The van der Waals surface area contributed by atoms with Gasteiger partial charge in [-0.15, -0.1) is 0 Å². The van der Waals surface area contributed by atoms with Crippen LogP contribution in [-0.2, 0) is 13.1 Å². The first-order valence-corrected chi connectivity index (χ1v) is 7.61. The fraction of sp³-hybridized carbons (Fsp3) is 0.294. The minimum Gasteiger partial charge on any atom is -0.326 e. The van der Waals surface area contributed by atoms with E-state index in [2.05, 4.69) is 22.4 Å². The van der Waals surface area contributed by atoms with Gasteiger partial charge in [0.2, 0.25) is 0 Å². The molecule has 0 spiro atoms. The average molecular weight is 294 g/mol. The van der Waals surface area contributed by atoms with Crippen LogP contribution in [-0.4, -0.2) is 22.0 Å². The molecule has 0 bridgehead atoms. The maximum absolute atomic E-state index is 12.1. The van der Waals surface area contributed by atoms with Crippen molar-refractivity contribution in [2.75, 3.05) is 5.32 Å². The summed E-state index contributed by atoms with van der Waals surface area (Å²) in [6.45, 7) is 1.15. The minimum absolute atomic E-state index is 0.0321. The fourth-order valence-corrected chi connectivity index (χ4v) is 2.99. The molecule has 1 aromatic heterocycles. The Morgan fingerprint density at radius 1 is 1.32 bits per heavy atom. The van der Waals surface area contributed by atoms with Crippen molar-refractivity contribution < 1.29 is 4.79 Å². The minimum atomic E-state index is -0.0321. The van der Waals surface area contributed by atoms with E-state index >= 15 is 0 Å². The number of hydrogen-bond acceptors (Lipinski definition) is 3. The highest BCUT2D eigenvalue weighted by molar-refractivity contribution is 5.93. The molecule has 3 N–H and O–H groups in total. The Balaban J connectivity index is 1.78. The number of benzene rings is 1. The van der Waals surface area contributed by atoms with Crippen molar-refractivity contribution >= 4 is 11.8 Å². The largest absolute Gasteiger partial charge is 0.326 e. The molecule has 22 heavy (non-hydrogen) atoms. The number of carbonyl (C=O) groups excluding carboxylic acids is 1. The summed E-state index contributed by atoms with van der Waals surface area (Å²) in [6, 6.07) is 10.6. The van der Waals surface area contributed by atoms with Crippen molar-refractivity contribution in [1.82, 2.24) is 9.88 Å². The van der Waals surface area contributed by atoms with E-state index in [4.69, 9.17) is 5.73 Å². The summed E-state index contributed by atoms with van der Waals surface area (Å²) in [6.07, 6.45) is 3.94. The van der Waals surface area contributed by atoms with Crippen LogP contribution >= 0.6 is 0 Å². The molecule has 5 heteroatoms. The molecule has 4 rings (SSSR count). The first-order chi connectivity index (χ1) is 10.8. The smallest absolute Gasteiger partial charge is 0.323 e. The molecular weight excluding hydrogens is 276 g/mol. The molecule has 2 aromatic rings. The number of nitrogens with zero attached hydrogens (tertiary/aromatic N) is 2. The summed E-state index contributed by atoms with van der Waals surface area (Å²) in [5, 5.41) is 2.92. The van der Waals surface area contributed by atoms with Crippen LogP contribution in [0, 0.1) is 0 Å². The van der Waals surface area contributed by atoms with E-state index in [1.165, 1.54) is 0 Å². The van der Waals surface area contributed by atoms with Gasteiger partial charge in [0.1, 0.15) is 5.82 Å². The summed E-state index contributed by atoms with van der Waals surface area (Å²) in [4.78, 5) is 18.4. The number of fused-ring (bicyclic) bond motifs is 1. The standard InChI is InChI=1S/C17H18N4O/c18-9-11-2-1-3-12(8-11)14-6-7-19-16-15(14)10-21(13-4-5-13)17(22)20-16/h1-3,6-8,13H,4-5,9-10,18H2,(H,19,20,22). The van der Waals surface area contributed by atoms with Crippen molar-refractivity contribution in [2.45, 2.75) is 32.0 Å². The van der Waals surface area contributed by atoms with Gasteiger partial charge in [0.25, 0.3) is 0 Å². The molecule has 0 radical (unpaired) electrons. The maximum Gasteiger partial charge on any atom is 0.323 e. The summed E-state index contributed by atoms with van der Waals surface area (Å²) < 4.78 is 0. The molecule has 112 valence electrons. The fourth-order valence-electron chi connectivity index (χ4n) is 2.99. The van der Waals surface area contributed by atoms with Crippen LogP contribution < -0.4 is 11.1 Å². The zero-order valence-corrected chi connectivity index (χ0v) is 12.2. The molecule has 2 aliphatic rings. The number of amides is 2. The SMILES string of the molecule is NCc1cccc(-c2ccnc3c2CN(C2CC2)C(=O)N3)c1. The Bertz CT molecular complexity index is 739. The second-order valence-electron chi connectivity index (χ2n) is 5.88. The van der Waals surface area contributed by atoms with E-state index < -0.39 is 0 Å². The summed E-state index contributed by atoms with van der Waals surface area (Å²) >= 11 is 0. The van der Waals surface area contributed by atoms with Crippen molar-refractivity contribution in [1.29, 1.82) is 0 Å². The second kappa shape index (κ2) is 5.10. The van der Waals surface area contributed by atoms with Gasteiger partial charge >= 0.3 is 6.03 Å². The molecule has 0 unspecified atom stereocenters. The van der Waals surface area contributed by atoms with Gasteiger partial charge < -0.3 is 10.6 Å². The lowest BCUT2D eigenvalue weighted by Crippen LogP contribution is -2.40. The van der Waals surface area contributed by atoms with E-state index in [1.807, 2.05) is 23.1 Å². The van der Waals surface area contributed by atoms with Gasteiger partial charge in [-0.1, -0.05) is 18.2 Å². The van der Waals surface area contributed by atoms with Gasteiger partial charge in [0.05, 0.1) is 6.54 Å². The lowest BCUT2D eigenvalue weighted by Gasteiger charge is -2.30. The molecule has 2 amide bonds. The summed E-state index contributed by atoms with van der Waals surface area (Å²) in [7, 11) is 0. The third-order valence-electron chi connectivity index (χ3n) is 4.33.